The lowest BCUT2D eigenvalue weighted by atomic mass is 9.91. The Bertz CT molecular complexity index is 958. The molecule has 0 bridgehead atoms. The van der Waals surface area contributed by atoms with Gasteiger partial charge in [0.15, 0.2) is 0 Å². The van der Waals surface area contributed by atoms with E-state index in [1.54, 1.807) is 0 Å². The average molecular weight is 326 g/mol. The second-order valence-corrected chi connectivity index (χ2v) is 8.15. The van der Waals surface area contributed by atoms with Crippen LogP contribution in [0.4, 0.5) is 5.69 Å². The largest absolute Gasteiger partial charge is 0.377 e. The molecule has 0 atom stereocenters. The van der Waals surface area contributed by atoms with Crippen LogP contribution in [0.5, 0.6) is 0 Å². The monoisotopic (exact) mass is 325 g/mol. The van der Waals surface area contributed by atoms with Crippen molar-refractivity contribution in [3.05, 3.63) is 38.9 Å². The molecular weight excluding hydrogens is 298 g/mol. The van der Waals surface area contributed by atoms with Crippen molar-refractivity contribution in [3.8, 4) is 0 Å². The van der Waals surface area contributed by atoms with Crippen LogP contribution in [0.25, 0.3) is 20.2 Å². The van der Waals surface area contributed by atoms with Crippen LogP contribution >= 0.6 is 11.3 Å². The number of aryl methyl sites for hydroxylation is 4. The van der Waals surface area contributed by atoms with E-state index >= 15 is 0 Å². The highest BCUT2D eigenvalue weighted by atomic mass is 32.1. The molecule has 0 saturated carbocycles. The third-order valence-corrected chi connectivity index (χ3v) is 7.18. The molecule has 0 amide bonds. The molecular formula is C21H27NS. The summed E-state index contributed by atoms with van der Waals surface area (Å²) in [4.78, 5) is 2.26. The van der Waals surface area contributed by atoms with Gasteiger partial charge in [0.2, 0.25) is 0 Å². The van der Waals surface area contributed by atoms with Gasteiger partial charge in [-0.05, 0) is 87.4 Å². The summed E-state index contributed by atoms with van der Waals surface area (Å²) in [6, 6.07) is 0. The molecule has 0 aliphatic rings. The Morgan fingerprint density at radius 1 is 0.522 bits per heavy atom. The number of hydrogen-bond donors (Lipinski definition) is 0. The highest BCUT2D eigenvalue weighted by molar-refractivity contribution is 7.26. The lowest BCUT2D eigenvalue weighted by Crippen LogP contribution is -2.12. The van der Waals surface area contributed by atoms with Crippen LogP contribution < -0.4 is 4.90 Å². The summed E-state index contributed by atoms with van der Waals surface area (Å²) in [7, 11) is 4.30. The molecule has 23 heavy (non-hydrogen) atoms. The third-order valence-electron chi connectivity index (χ3n) is 5.75. The fourth-order valence-electron chi connectivity index (χ4n) is 4.02. The first-order valence-electron chi connectivity index (χ1n) is 8.28. The van der Waals surface area contributed by atoms with Crippen molar-refractivity contribution in [1.29, 1.82) is 0 Å². The van der Waals surface area contributed by atoms with E-state index in [1.807, 2.05) is 11.3 Å². The van der Waals surface area contributed by atoms with Crippen LogP contribution in [0.1, 0.15) is 38.9 Å². The maximum absolute atomic E-state index is 2.29. The van der Waals surface area contributed by atoms with Crippen LogP contribution in [0.3, 0.4) is 0 Å². The summed E-state index contributed by atoms with van der Waals surface area (Å²) < 4.78 is 2.94. The molecule has 0 aliphatic heterocycles. The van der Waals surface area contributed by atoms with Gasteiger partial charge in [-0.1, -0.05) is 0 Å². The number of nitrogens with zero attached hydrogens (tertiary/aromatic N) is 1. The maximum atomic E-state index is 2.29. The number of rotatable bonds is 1. The first-order chi connectivity index (χ1) is 10.7. The Hall–Kier alpha value is -1.54. The zero-order valence-electron chi connectivity index (χ0n) is 15.9. The fraction of sp³-hybridized carbons (Fsp3) is 0.429. The van der Waals surface area contributed by atoms with Crippen LogP contribution in [0.2, 0.25) is 0 Å². The Morgan fingerprint density at radius 3 is 1.48 bits per heavy atom. The predicted molar refractivity (Wildman–Crippen MR) is 107 cm³/mol. The Balaban J connectivity index is 2.67. The van der Waals surface area contributed by atoms with Crippen molar-refractivity contribution >= 4 is 37.2 Å². The van der Waals surface area contributed by atoms with E-state index in [-0.39, 0.29) is 0 Å². The normalized spacial score (nSPS) is 11.7. The minimum atomic E-state index is 1.38. The zero-order valence-corrected chi connectivity index (χ0v) is 16.7. The van der Waals surface area contributed by atoms with Crippen LogP contribution in [0, 0.1) is 48.5 Å². The van der Waals surface area contributed by atoms with Gasteiger partial charge >= 0.3 is 0 Å². The lowest BCUT2D eigenvalue weighted by molar-refractivity contribution is 1.10. The summed E-state index contributed by atoms with van der Waals surface area (Å²) in [5.74, 6) is 0. The van der Waals surface area contributed by atoms with E-state index in [4.69, 9.17) is 0 Å². The van der Waals surface area contributed by atoms with Crippen LogP contribution in [0.15, 0.2) is 0 Å². The van der Waals surface area contributed by atoms with Gasteiger partial charge in [-0.15, -0.1) is 11.3 Å². The first-order valence-corrected chi connectivity index (χ1v) is 9.09. The highest BCUT2D eigenvalue weighted by Gasteiger charge is 2.21. The number of fused-ring (bicyclic) bond motifs is 3. The molecule has 3 aromatic rings. The third kappa shape index (κ3) is 2.04. The summed E-state index contributed by atoms with van der Waals surface area (Å²) in [5, 5.41) is 2.97. The van der Waals surface area contributed by atoms with Gasteiger partial charge in [0.1, 0.15) is 0 Å². The van der Waals surface area contributed by atoms with Gasteiger partial charge in [0, 0.05) is 40.0 Å². The van der Waals surface area contributed by atoms with Crippen molar-refractivity contribution in [2.75, 3.05) is 19.0 Å². The van der Waals surface area contributed by atoms with Crippen LogP contribution in [-0.4, -0.2) is 14.1 Å². The molecule has 0 N–H and O–H groups in total. The minimum absolute atomic E-state index is 1.38. The fourth-order valence-corrected chi connectivity index (χ4v) is 5.49. The Morgan fingerprint density at radius 2 is 0.957 bits per heavy atom. The molecule has 0 spiro atoms. The molecule has 0 unspecified atom stereocenters. The first kappa shape index (κ1) is 16.3. The topological polar surface area (TPSA) is 3.24 Å². The van der Waals surface area contributed by atoms with E-state index in [0.717, 1.165) is 0 Å². The van der Waals surface area contributed by atoms with E-state index < -0.39 is 0 Å². The molecule has 2 aromatic carbocycles. The SMILES string of the molecule is Cc1c(C)c(C)c2c(sc3c(C)c(N(C)C)c(C)c(C)c32)c1C. The van der Waals surface area contributed by atoms with Gasteiger partial charge in [-0.25, -0.2) is 0 Å². The average Bonchev–Trinajstić information content (AvgIpc) is 2.89. The van der Waals surface area contributed by atoms with E-state index in [9.17, 15) is 0 Å². The minimum Gasteiger partial charge on any atom is -0.377 e. The maximum Gasteiger partial charge on any atom is 0.0437 e. The van der Waals surface area contributed by atoms with Gasteiger partial charge in [-0.3, -0.25) is 0 Å². The van der Waals surface area contributed by atoms with Crippen LogP contribution in [-0.2, 0) is 0 Å². The molecule has 0 fully saturated rings. The molecule has 3 rings (SSSR count). The zero-order chi connectivity index (χ0) is 17.2. The number of benzene rings is 2. The molecule has 1 nitrogen and oxygen atoms in total. The van der Waals surface area contributed by atoms with Crippen molar-refractivity contribution in [1.82, 2.24) is 0 Å². The van der Waals surface area contributed by atoms with E-state index in [1.165, 1.54) is 64.8 Å². The van der Waals surface area contributed by atoms with Crippen molar-refractivity contribution < 1.29 is 0 Å². The summed E-state index contributed by atoms with van der Waals surface area (Å²) in [5.41, 5.74) is 11.4. The quantitative estimate of drug-likeness (QED) is 0.509. The molecule has 1 aromatic heterocycles. The summed E-state index contributed by atoms with van der Waals surface area (Å²) >= 11 is 1.98. The molecule has 2 heteroatoms. The molecule has 122 valence electrons. The molecule has 0 aliphatic carbocycles. The number of anilines is 1. The van der Waals surface area contributed by atoms with Gasteiger partial charge < -0.3 is 4.90 Å². The molecule has 0 radical (unpaired) electrons. The lowest BCUT2D eigenvalue weighted by Gasteiger charge is -2.21. The van der Waals surface area contributed by atoms with E-state index in [2.05, 4.69) is 67.5 Å². The summed E-state index contributed by atoms with van der Waals surface area (Å²) in [6.45, 7) is 15.9. The smallest absolute Gasteiger partial charge is 0.0437 e. The standard InChI is InChI=1S/C21H27NS/c1-10-11(2)15(6)20-17(12(10)3)18-13(4)14(5)19(22(8)9)16(7)21(18)23-20/h1-9H3. The predicted octanol–water partition coefficient (Wildman–Crippen LogP) is 6.28. The molecule has 0 saturated heterocycles. The second kappa shape index (κ2) is 5.24. The van der Waals surface area contributed by atoms with Crippen molar-refractivity contribution in [3.63, 3.8) is 0 Å². The highest BCUT2D eigenvalue weighted by Crippen LogP contribution is 2.46. The van der Waals surface area contributed by atoms with E-state index in [0.29, 0.717) is 0 Å². The van der Waals surface area contributed by atoms with Crippen molar-refractivity contribution in [2.45, 2.75) is 48.5 Å². The molecule has 1 heterocycles. The van der Waals surface area contributed by atoms with Gasteiger partial charge in [0.05, 0.1) is 0 Å². The Labute approximate surface area is 143 Å². The summed E-state index contributed by atoms with van der Waals surface area (Å²) in [6.07, 6.45) is 0. The Kier molecular flexibility index (Phi) is 3.72. The number of thiophene rings is 1. The van der Waals surface area contributed by atoms with Crippen molar-refractivity contribution in [2.24, 2.45) is 0 Å². The number of hydrogen-bond acceptors (Lipinski definition) is 2. The van der Waals surface area contributed by atoms with Gasteiger partial charge in [0.25, 0.3) is 0 Å². The van der Waals surface area contributed by atoms with Gasteiger partial charge in [-0.2, -0.15) is 0 Å². The second-order valence-electron chi connectivity index (χ2n) is 7.13.